The first-order chi connectivity index (χ1) is 13.7. The van der Waals surface area contributed by atoms with Crippen molar-refractivity contribution in [3.8, 4) is 10.6 Å². The molecule has 2 aromatic heterocycles. The fourth-order valence-corrected chi connectivity index (χ4v) is 4.34. The van der Waals surface area contributed by atoms with E-state index in [1.165, 1.54) is 0 Å². The van der Waals surface area contributed by atoms with Crippen LogP contribution >= 0.6 is 11.3 Å². The van der Waals surface area contributed by atoms with Crippen LogP contribution < -0.4 is 4.90 Å². The highest BCUT2D eigenvalue weighted by molar-refractivity contribution is 7.13. The van der Waals surface area contributed by atoms with E-state index in [1.807, 2.05) is 53.7 Å². The zero-order valence-electron chi connectivity index (χ0n) is 16.0. The van der Waals surface area contributed by atoms with Gasteiger partial charge in [0.05, 0.1) is 4.88 Å². The summed E-state index contributed by atoms with van der Waals surface area (Å²) in [6, 6.07) is 18.3. The fraction of sp³-hybridized carbons (Fsp3) is 0.318. The van der Waals surface area contributed by atoms with Gasteiger partial charge in [0, 0.05) is 32.6 Å². The molecule has 3 aromatic rings. The Balaban J connectivity index is 1.32. The van der Waals surface area contributed by atoms with E-state index < -0.39 is 0 Å². The van der Waals surface area contributed by atoms with Crippen molar-refractivity contribution in [2.45, 2.75) is 19.4 Å². The van der Waals surface area contributed by atoms with Gasteiger partial charge < -0.3 is 9.80 Å². The summed E-state index contributed by atoms with van der Waals surface area (Å²) in [5.74, 6) is 1.22. The highest BCUT2D eigenvalue weighted by Gasteiger charge is 2.27. The van der Waals surface area contributed by atoms with Crippen molar-refractivity contribution in [2.75, 3.05) is 25.0 Å². The molecule has 1 fully saturated rings. The van der Waals surface area contributed by atoms with Crippen LogP contribution in [0, 0.1) is 5.92 Å². The average Bonchev–Trinajstić information content (AvgIpc) is 3.29. The average molecular weight is 393 g/mol. The van der Waals surface area contributed by atoms with Crippen molar-refractivity contribution in [3.05, 3.63) is 65.5 Å². The molecule has 1 aliphatic rings. The first-order valence-corrected chi connectivity index (χ1v) is 10.5. The second kappa shape index (κ2) is 8.52. The molecule has 0 unspecified atom stereocenters. The second-order valence-corrected chi connectivity index (χ2v) is 8.14. The molecule has 1 amide bonds. The molecule has 0 bridgehead atoms. The van der Waals surface area contributed by atoms with Crippen LogP contribution in [-0.4, -0.2) is 41.1 Å². The quantitative estimate of drug-likeness (QED) is 0.656. The molecule has 0 saturated carbocycles. The number of piperidine rings is 1. The molecule has 0 aliphatic carbocycles. The standard InChI is InChI=1S/C22H24N4OS/c1-25(16-17-6-3-2-4-7-17)22(27)18-11-13-26(14-12-18)21-10-9-19(23-24-21)20-8-5-15-28-20/h2-10,15,18H,11-14,16H2,1H3. The van der Waals surface area contributed by atoms with Crippen molar-refractivity contribution in [1.82, 2.24) is 15.1 Å². The number of amides is 1. The van der Waals surface area contributed by atoms with E-state index in [-0.39, 0.29) is 11.8 Å². The molecular formula is C22H24N4OS. The molecule has 0 N–H and O–H groups in total. The van der Waals surface area contributed by atoms with Crippen molar-refractivity contribution in [2.24, 2.45) is 5.92 Å². The Labute approximate surface area is 169 Å². The summed E-state index contributed by atoms with van der Waals surface area (Å²) < 4.78 is 0. The Morgan fingerprint density at radius 1 is 1.07 bits per heavy atom. The summed E-state index contributed by atoms with van der Waals surface area (Å²) in [6.07, 6.45) is 1.71. The maximum absolute atomic E-state index is 12.8. The molecule has 144 valence electrons. The van der Waals surface area contributed by atoms with Crippen LogP contribution in [0.25, 0.3) is 10.6 Å². The number of thiophene rings is 1. The minimum atomic E-state index is 0.0864. The van der Waals surface area contributed by atoms with Gasteiger partial charge in [0.15, 0.2) is 5.82 Å². The van der Waals surface area contributed by atoms with Crippen LogP contribution in [0.3, 0.4) is 0 Å². The SMILES string of the molecule is CN(Cc1ccccc1)C(=O)C1CCN(c2ccc(-c3cccs3)nn2)CC1. The molecule has 0 atom stereocenters. The lowest BCUT2D eigenvalue weighted by atomic mass is 9.95. The van der Waals surface area contributed by atoms with E-state index in [9.17, 15) is 4.79 Å². The lowest BCUT2D eigenvalue weighted by Gasteiger charge is -2.33. The number of hydrogen-bond acceptors (Lipinski definition) is 5. The third-order valence-corrected chi connectivity index (χ3v) is 6.12. The van der Waals surface area contributed by atoms with E-state index in [1.54, 1.807) is 11.3 Å². The fourth-order valence-electron chi connectivity index (χ4n) is 3.65. The van der Waals surface area contributed by atoms with Gasteiger partial charge in [0.25, 0.3) is 0 Å². The zero-order chi connectivity index (χ0) is 19.3. The van der Waals surface area contributed by atoms with Crippen LogP contribution in [0.15, 0.2) is 60.0 Å². The van der Waals surface area contributed by atoms with Gasteiger partial charge in [0.1, 0.15) is 5.69 Å². The normalized spacial score (nSPS) is 14.8. The van der Waals surface area contributed by atoms with Crippen molar-refractivity contribution in [3.63, 3.8) is 0 Å². The van der Waals surface area contributed by atoms with Gasteiger partial charge in [-0.3, -0.25) is 4.79 Å². The molecule has 0 spiro atoms. The Kier molecular flexibility index (Phi) is 5.67. The minimum absolute atomic E-state index is 0.0864. The van der Waals surface area contributed by atoms with Crippen molar-refractivity contribution < 1.29 is 4.79 Å². The largest absolute Gasteiger partial charge is 0.355 e. The highest BCUT2D eigenvalue weighted by atomic mass is 32.1. The Morgan fingerprint density at radius 2 is 1.86 bits per heavy atom. The van der Waals surface area contributed by atoms with E-state index in [2.05, 4.69) is 33.3 Å². The van der Waals surface area contributed by atoms with Crippen LogP contribution in [0.4, 0.5) is 5.82 Å². The minimum Gasteiger partial charge on any atom is -0.355 e. The van der Waals surface area contributed by atoms with Gasteiger partial charge in [-0.1, -0.05) is 36.4 Å². The van der Waals surface area contributed by atoms with Crippen LogP contribution in [0.2, 0.25) is 0 Å². The topological polar surface area (TPSA) is 49.3 Å². The van der Waals surface area contributed by atoms with E-state index >= 15 is 0 Å². The number of aromatic nitrogens is 2. The highest BCUT2D eigenvalue weighted by Crippen LogP contribution is 2.26. The molecule has 4 rings (SSSR count). The number of rotatable bonds is 5. The Morgan fingerprint density at radius 3 is 2.50 bits per heavy atom. The number of carbonyl (C=O) groups is 1. The first kappa shape index (κ1) is 18.6. The van der Waals surface area contributed by atoms with Crippen LogP contribution in [-0.2, 0) is 11.3 Å². The van der Waals surface area contributed by atoms with Gasteiger partial charge in [-0.25, -0.2) is 0 Å². The molecule has 1 aromatic carbocycles. The number of carbonyl (C=O) groups excluding carboxylic acids is 1. The predicted molar refractivity (Wildman–Crippen MR) is 113 cm³/mol. The van der Waals surface area contributed by atoms with Gasteiger partial charge in [-0.2, -0.15) is 0 Å². The lowest BCUT2D eigenvalue weighted by Crippen LogP contribution is -2.41. The van der Waals surface area contributed by atoms with E-state index in [0.29, 0.717) is 6.54 Å². The summed E-state index contributed by atoms with van der Waals surface area (Å²) in [6.45, 7) is 2.33. The monoisotopic (exact) mass is 392 g/mol. The smallest absolute Gasteiger partial charge is 0.225 e. The van der Waals surface area contributed by atoms with Gasteiger partial charge in [0.2, 0.25) is 5.91 Å². The predicted octanol–water partition coefficient (Wildman–Crippen LogP) is 4.08. The summed E-state index contributed by atoms with van der Waals surface area (Å²) in [5.41, 5.74) is 2.07. The third kappa shape index (κ3) is 4.22. The van der Waals surface area contributed by atoms with Gasteiger partial charge in [-0.15, -0.1) is 21.5 Å². The first-order valence-electron chi connectivity index (χ1n) is 9.62. The van der Waals surface area contributed by atoms with Crippen LogP contribution in [0.1, 0.15) is 18.4 Å². The maximum Gasteiger partial charge on any atom is 0.225 e. The van der Waals surface area contributed by atoms with Crippen molar-refractivity contribution >= 4 is 23.1 Å². The van der Waals surface area contributed by atoms with Gasteiger partial charge >= 0.3 is 0 Å². The number of hydrogen-bond donors (Lipinski definition) is 0. The molecule has 5 nitrogen and oxygen atoms in total. The second-order valence-electron chi connectivity index (χ2n) is 7.20. The molecule has 3 heterocycles. The molecular weight excluding hydrogens is 368 g/mol. The number of anilines is 1. The summed E-state index contributed by atoms with van der Waals surface area (Å²) in [5, 5.41) is 10.8. The Hall–Kier alpha value is -2.73. The number of benzene rings is 1. The van der Waals surface area contributed by atoms with Crippen molar-refractivity contribution in [1.29, 1.82) is 0 Å². The zero-order valence-corrected chi connectivity index (χ0v) is 16.8. The summed E-state index contributed by atoms with van der Waals surface area (Å²) in [7, 11) is 1.90. The molecule has 1 saturated heterocycles. The van der Waals surface area contributed by atoms with Gasteiger partial charge in [-0.05, 0) is 42.0 Å². The summed E-state index contributed by atoms with van der Waals surface area (Å²) in [4.78, 5) is 18.0. The molecule has 28 heavy (non-hydrogen) atoms. The van der Waals surface area contributed by atoms with E-state index in [0.717, 1.165) is 47.9 Å². The van der Waals surface area contributed by atoms with Crippen LogP contribution in [0.5, 0.6) is 0 Å². The molecule has 0 radical (unpaired) electrons. The lowest BCUT2D eigenvalue weighted by molar-refractivity contribution is -0.135. The molecule has 6 heteroatoms. The molecule has 1 aliphatic heterocycles. The maximum atomic E-state index is 12.8. The summed E-state index contributed by atoms with van der Waals surface area (Å²) >= 11 is 1.67. The number of nitrogens with zero attached hydrogens (tertiary/aromatic N) is 4. The third-order valence-electron chi connectivity index (χ3n) is 5.23. The Bertz CT molecular complexity index is 888. The van der Waals surface area contributed by atoms with E-state index in [4.69, 9.17) is 0 Å².